The van der Waals surface area contributed by atoms with E-state index in [2.05, 4.69) is 29.3 Å². The van der Waals surface area contributed by atoms with Gasteiger partial charge in [0.2, 0.25) is 0 Å². The lowest BCUT2D eigenvalue weighted by Crippen LogP contribution is -2.53. The zero-order valence-electron chi connectivity index (χ0n) is 13.0. The number of benzene rings is 1. The van der Waals surface area contributed by atoms with Gasteiger partial charge >= 0.3 is 0 Å². The highest BCUT2D eigenvalue weighted by atomic mass is 32.2. The highest BCUT2D eigenvalue weighted by molar-refractivity contribution is 7.91. The van der Waals surface area contributed by atoms with Crippen molar-refractivity contribution in [1.82, 2.24) is 10.2 Å². The second-order valence-electron chi connectivity index (χ2n) is 5.67. The van der Waals surface area contributed by atoms with Crippen molar-refractivity contribution in [2.75, 3.05) is 31.1 Å². The molecule has 1 aliphatic rings. The first-order valence-electron chi connectivity index (χ1n) is 7.78. The highest BCUT2D eigenvalue weighted by Crippen LogP contribution is 2.24. The lowest BCUT2D eigenvalue weighted by atomic mass is 10.0. The van der Waals surface area contributed by atoms with Gasteiger partial charge in [0, 0.05) is 37.5 Å². The van der Waals surface area contributed by atoms with Crippen LogP contribution in [0.25, 0.3) is 0 Å². The van der Waals surface area contributed by atoms with Crippen LogP contribution < -0.4 is 5.32 Å². The number of sulfone groups is 1. The first kappa shape index (κ1) is 16.5. The summed E-state index contributed by atoms with van der Waals surface area (Å²) in [5.41, 5.74) is 1.26. The molecule has 2 unspecified atom stereocenters. The molecule has 0 aliphatic carbocycles. The molecule has 5 heteroatoms. The van der Waals surface area contributed by atoms with E-state index in [0.29, 0.717) is 12.6 Å². The van der Waals surface area contributed by atoms with Crippen LogP contribution in [0.2, 0.25) is 0 Å². The third-order valence-electron chi connectivity index (χ3n) is 4.30. The van der Waals surface area contributed by atoms with E-state index in [0.717, 1.165) is 19.5 Å². The number of rotatable bonds is 6. The molecule has 118 valence electrons. The fourth-order valence-electron chi connectivity index (χ4n) is 2.81. The lowest BCUT2D eigenvalue weighted by molar-refractivity contribution is 0.136. The topological polar surface area (TPSA) is 49.4 Å². The minimum absolute atomic E-state index is 0.228. The zero-order chi connectivity index (χ0) is 15.3. The molecule has 2 atom stereocenters. The molecule has 1 N–H and O–H groups in total. The Morgan fingerprint density at radius 2 is 1.95 bits per heavy atom. The van der Waals surface area contributed by atoms with E-state index >= 15 is 0 Å². The Labute approximate surface area is 128 Å². The zero-order valence-corrected chi connectivity index (χ0v) is 13.8. The van der Waals surface area contributed by atoms with Crippen LogP contribution in [0.5, 0.6) is 0 Å². The molecule has 0 saturated carbocycles. The van der Waals surface area contributed by atoms with E-state index in [9.17, 15) is 8.42 Å². The summed E-state index contributed by atoms with van der Waals surface area (Å²) >= 11 is 0. The largest absolute Gasteiger partial charge is 0.311 e. The number of nitrogens with zero attached hydrogens (tertiary/aromatic N) is 1. The highest BCUT2D eigenvalue weighted by Gasteiger charge is 2.28. The van der Waals surface area contributed by atoms with E-state index in [1.807, 2.05) is 18.2 Å². The van der Waals surface area contributed by atoms with E-state index in [1.165, 1.54) is 5.56 Å². The standard InChI is InChI=1S/C16H26N2O2S/c1-3-15-13-18(10-11-21(19,20)4-2)16(12-17-15)14-8-6-5-7-9-14/h5-9,15-17H,3-4,10-13H2,1-2H3. The van der Waals surface area contributed by atoms with Gasteiger partial charge in [-0.1, -0.05) is 44.2 Å². The first-order valence-corrected chi connectivity index (χ1v) is 9.60. The Morgan fingerprint density at radius 3 is 2.57 bits per heavy atom. The van der Waals surface area contributed by atoms with Crippen molar-refractivity contribution in [2.24, 2.45) is 0 Å². The van der Waals surface area contributed by atoms with Crippen LogP contribution in [0.1, 0.15) is 31.9 Å². The van der Waals surface area contributed by atoms with Gasteiger partial charge in [0.25, 0.3) is 0 Å². The van der Waals surface area contributed by atoms with E-state index < -0.39 is 9.84 Å². The van der Waals surface area contributed by atoms with Crippen LogP contribution in [0, 0.1) is 0 Å². The molecule has 1 aromatic rings. The van der Waals surface area contributed by atoms with Gasteiger partial charge in [-0.25, -0.2) is 8.42 Å². The Hall–Kier alpha value is -0.910. The van der Waals surface area contributed by atoms with Crippen LogP contribution in [0.4, 0.5) is 0 Å². The number of hydrogen-bond donors (Lipinski definition) is 1. The SMILES string of the molecule is CCC1CN(CCS(=O)(=O)CC)C(c2ccccc2)CN1. The molecular formula is C16H26N2O2S. The Morgan fingerprint density at radius 1 is 1.24 bits per heavy atom. The normalized spacial score (nSPS) is 24.1. The predicted molar refractivity (Wildman–Crippen MR) is 87.2 cm³/mol. The summed E-state index contributed by atoms with van der Waals surface area (Å²) in [5, 5.41) is 3.57. The van der Waals surface area contributed by atoms with Crippen molar-refractivity contribution in [3.63, 3.8) is 0 Å². The number of nitrogens with one attached hydrogen (secondary N) is 1. The molecular weight excluding hydrogens is 284 g/mol. The molecule has 0 spiro atoms. The van der Waals surface area contributed by atoms with Crippen LogP contribution in [-0.4, -0.2) is 50.5 Å². The summed E-state index contributed by atoms with van der Waals surface area (Å²) in [6.45, 7) is 6.30. The second-order valence-corrected chi connectivity index (χ2v) is 8.14. The first-order chi connectivity index (χ1) is 10.1. The molecule has 1 aliphatic heterocycles. The van der Waals surface area contributed by atoms with Crippen LogP contribution in [0.15, 0.2) is 30.3 Å². The Bertz CT molecular complexity index is 530. The molecule has 0 bridgehead atoms. The van der Waals surface area contributed by atoms with Crippen molar-refractivity contribution < 1.29 is 8.42 Å². The average molecular weight is 310 g/mol. The molecule has 1 heterocycles. The fourth-order valence-corrected chi connectivity index (χ4v) is 3.61. The molecule has 1 aromatic carbocycles. The minimum atomic E-state index is -2.91. The van der Waals surface area contributed by atoms with E-state index in [4.69, 9.17) is 0 Å². The molecule has 1 saturated heterocycles. The van der Waals surface area contributed by atoms with Gasteiger partial charge in [-0.2, -0.15) is 0 Å². The van der Waals surface area contributed by atoms with Gasteiger partial charge < -0.3 is 5.32 Å². The summed E-state index contributed by atoms with van der Waals surface area (Å²) in [6.07, 6.45) is 1.07. The lowest BCUT2D eigenvalue weighted by Gasteiger charge is -2.40. The summed E-state index contributed by atoms with van der Waals surface area (Å²) in [7, 11) is -2.91. The summed E-state index contributed by atoms with van der Waals surface area (Å²) in [5.74, 6) is 0.482. The van der Waals surface area contributed by atoms with Gasteiger partial charge in [-0.05, 0) is 12.0 Å². The number of piperazine rings is 1. The maximum Gasteiger partial charge on any atom is 0.151 e. The van der Waals surface area contributed by atoms with Crippen molar-refractivity contribution in [3.05, 3.63) is 35.9 Å². The summed E-state index contributed by atoms with van der Waals surface area (Å²) in [4.78, 5) is 2.33. The maximum atomic E-state index is 11.8. The molecule has 0 amide bonds. The van der Waals surface area contributed by atoms with Crippen molar-refractivity contribution in [2.45, 2.75) is 32.4 Å². The van der Waals surface area contributed by atoms with Gasteiger partial charge in [-0.3, -0.25) is 4.90 Å². The monoisotopic (exact) mass is 310 g/mol. The second kappa shape index (κ2) is 7.38. The molecule has 1 fully saturated rings. The van der Waals surface area contributed by atoms with Gasteiger partial charge in [0.1, 0.15) is 0 Å². The third kappa shape index (κ3) is 4.53. The number of hydrogen-bond acceptors (Lipinski definition) is 4. The Kier molecular flexibility index (Phi) is 5.79. The van der Waals surface area contributed by atoms with Gasteiger partial charge in [0.15, 0.2) is 9.84 Å². The van der Waals surface area contributed by atoms with Crippen LogP contribution >= 0.6 is 0 Å². The van der Waals surface area contributed by atoms with Crippen LogP contribution in [0.3, 0.4) is 0 Å². The maximum absolute atomic E-state index is 11.8. The van der Waals surface area contributed by atoms with E-state index in [1.54, 1.807) is 6.92 Å². The summed E-state index contributed by atoms with van der Waals surface area (Å²) < 4.78 is 23.6. The Balaban J connectivity index is 2.10. The smallest absolute Gasteiger partial charge is 0.151 e. The van der Waals surface area contributed by atoms with Crippen molar-refractivity contribution in [3.8, 4) is 0 Å². The average Bonchev–Trinajstić information content (AvgIpc) is 2.53. The van der Waals surface area contributed by atoms with Gasteiger partial charge in [-0.15, -0.1) is 0 Å². The van der Waals surface area contributed by atoms with Gasteiger partial charge in [0.05, 0.1) is 5.75 Å². The predicted octanol–water partition coefficient (Wildman–Crippen LogP) is 1.85. The third-order valence-corrected chi connectivity index (χ3v) is 5.99. The fraction of sp³-hybridized carbons (Fsp3) is 0.625. The van der Waals surface area contributed by atoms with Crippen molar-refractivity contribution in [1.29, 1.82) is 0 Å². The van der Waals surface area contributed by atoms with Crippen molar-refractivity contribution >= 4 is 9.84 Å². The molecule has 0 radical (unpaired) electrons. The van der Waals surface area contributed by atoms with Crippen LogP contribution in [-0.2, 0) is 9.84 Å². The molecule has 0 aromatic heterocycles. The minimum Gasteiger partial charge on any atom is -0.311 e. The quantitative estimate of drug-likeness (QED) is 0.871. The molecule has 21 heavy (non-hydrogen) atoms. The van der Waals surface area contributed by atoms with E-state index in [-0.39, 0.29) is 17.5 Å². The summed E-state index contributed by atoms with van der Waals surface area (Å²) in [6, 6.07) is 11.1. The molecule has 4 nitrogen and oxygen atoms in total. The molecule has 2 rings (SSSR count).